The number of carboxylic acid groups (broad SMARTS) is 1. The summed E-state index contributed by atoms with van der Waals surface area (Å²) < 4.78 is 0. The first-order chi connectivity index (χ1) is 9.86. The minimum Gasteiger partial charge on any atom is -0.481 e. The molecule has 1 aromatic carbocycles. The average molecular weight is 292 g/mol. The quantitative estimate of drug-likeness (QED) is 0.876. The van der Waals surface area contributed by atoms with Gasteiger partial charge in [-0.25, -0.2) is 4.79 Å². The number of carbonyl (C=O) groups excluding carboxylic acids is 1. The predicted octanol–water partition coefficient (Wildman–Crippen LogP) is 3.13. The van der Waals surface area contributed by atoms with Crippen LogP contribution < -0.4 is 4.90 Å². The lowest BCUT2D eigenvalue weighted by molar-refractivity contribution is -0.136. The van der Waals surface area contributed by atoms with Crippen LogP contribution in [0.4, 0.5) is 10.5 Å². The van der Waals surface area contributed by atoms with Crippen LogP contribution in [0.1, 0.15) is 32.8 Å². The molecule has 0 unspecified atom stereocenters. The number of nitrogens with zero attached hydrogens (tertiary/aromatic N) is 2. The van der Waals surface area contributed by atoms with Crippen LogP contribution in [-0.2, 0) is 4.79 Å². The number of urea groups is 1. The molecule has 0 aliphatic rings. The molecule has 0 saturated carbocycles. The first kappa shape index (κ1) is 17.0. The van der Waals surface area contributed by atoms with E-state index >= 15 is 0 Å². The highest BCUT2D eigenvalue weighted by atomic mass is 16.4. The van der Waals surface area contributed by atoms with E-state index < -0.39 is 5.97 Å². The van der Waals surface area contributed by atoms with E-state index in [9.17, 15) is 9.59 Å². The highest BCUT2D eigenvalue weighted by Gasteiger charge is 2.23. The molecule has 21 heavy (non-hydrogen) atoms. The van der Waals surface area contributed by atoms with Crippen molar-refractivity contribution in [2.24, 2.45) is 0 Å². The van der Waals surface area contributed by atoms with Gasteiger partial charge in [-0.05, 0) is 39.8 Å². The number of rotatable bonds is 6. The summed E-state index contributed by atoms with van der Waals surface area (Å²) in [7, 11) is 0. The van der Waals surface area contributed by atoms with Gasteiger partial charge in [0.05, 0.1) is 6.42 Å². The van der Waals surface area contributed by atoms with E-state index in [2.05, 4.69) is 0 Å². The number of aliphatic carboxylic acids is 1. The smallest absolute Gasteiger partial charge is 0.324 e. The third-order valence-electron chi connectivity index (χ3n) is 3.34. The van der Waals surface area contributed by atoms with Gasteiger partial charge < -0.3 is 10.0 Å². The molecule has 0 fully saturated rings. The molecule has 0 atom stereocenters. The maximum absolute atomic E-state index is 12.7. The van der Waals surface area contributed by atoms with Crippen molar-refractivity contribution >= 4 is 17.7 Å². The number of amides is 2. The molecule has 0 spiro atoms. The van der Waals surface area contributed by atoms with Gasteiger partial charge in [0.2, 0.25) is 0 Å². The zero-order valence-corrected chi connectivity index (χ0v) is 13.2. The molecule has 5 nitrogen and oxygen atoms in total. The molecular weight excluding hydrogens is 268 g/mol. The summed E-state index contributed by atoms with van der Waals surface area (Å²) in [5.41, 5.74) is 1.83. The highest BCUT2D eigenvalue weighted by Crippen LogP contribution is 2.18. The van der Waals surface area contributed by atoms with E-state index in [1.165, 1.54) is 4.90 Å². The van der Waals surface area contributed by atoms with E-state index in [0.717, 1.165) is 11.3 Å². The van der Waals surface area contributed by atoms with E-state index in [0.29, 0.717) is 6.54 Å². The second-order valence-corrected chi connectivity index (χ2v) is 5.29. The molecule has 0 radical (unpaired) electrons. The Morgan fingerprint density at radius 1 is 1.19 bits per heavy atom. The van der Waals surface area contributed by atoms with Gasteiger partial charge in [-0.1, -0.05) is 17.7 Å². The summed E-state index contributed by atoms with van der Waals surface area (Å²) in [6, 6.07) is 7.45. The van der Waals surface area contributed by atoms with Crippen molar-refractivity contribution in [2.75, 3.05) is 18.0 Å². The van der Waals surface area contributed by atoms with Gasteiger partial charge in [-0.15, -0.1) is 0 Å². The zero-order valence-electron chi connectivity index (χ0n) is 13.2. The number of benzene rings is 1. The van der Waals surface area contributed by atoms with Crippen LogP contribution in [0.25, 0.3) is 0 Å². The van der Waals surface area contributed by atoms with Crippen molar-refractivity contribution in [3.63, 3.8) is 0 Å². The Labute approximate surface area is 126 Å². The van der Waals surface area contributed by atoms with Gasteiger partial charge >= 0.3 is 12.0 Å². The third-order valence-corrected chi connectivity index (χ3v) is 3.34. The minimum atomic E-state index is -0.910. The lowest BCUT2D eigenvalue weighted by Crippen LogP contribution is -2.47. The maximum Gasteiger partial charge on any atom is 0.324 e. The van der Waals surface area contributed by atoms with E-state index in [-0.39, 0.29) is 25.0 Å². The van der Waals surface area contributed by atoms with Gasteiger partial charge in [0.1, 0.15) is 0 Å². The Hall–Kier alpha value is -2.04. The second-order valence-electron chi connectivity index (χ2n) is 5.29. The van der Waals surface area contributed by atoms with E-state index in [4.69, 9.17) is 5.11 Å². The SMILES string of the molecule is CCN(C(=O)N(CCC(=O)O)c1ccc(C)cc1)C(C)C. The fourth-order valence-electron chi connectivity index (χ4n) is 2.14. The standard InChI is InChI=1S/C16H24N2O3/c1-5-17(12(2)3)16(21)18(11-10-15(19)20)14-8-6-13(4)7-9-14/h6-9,12H,5,10-11H2,1-4H3,(H,19,20). The Morgan fingerprint density at radius 3 is 2.19 bits per heavy atom. The largest absolute Gasteiger partial charge is 0.481 e. The Morgan fingerprint density at radius 2 is 1.76 bits per heavy atom. The van der Waals surface area contributed by atoms with Crippen LogP contribution in [0.5, 0.6) is 0 Å². The van der Waals surface area contributed by atoms with Crippen LogP contribution >= 0.6 is 0 Å². The zero-order chi connectivity index (χ0) is 16.0. The maximum atomic E-state index is 12.7. The molecule has 1 rings (SSSR count). The summed E-state index contributed by atoms with van der Waals surface area (Å²) in [4.78, 5) is 26.8. The molecule has 0 aromatic heterocycles. The number of carbonyl (C=O) groups is 2. The summed E-state index contributed by atoms with van der Waals surface area (Å²) in [5.74, 6) is -0.910. The minimum absolute atomic E-state index is 0.0697. The number of anilines is 1. The van der Waals surface area contributed by atoms with Crippen molar-refractivity contribution in [1.82, 2.24) is 4.90 Å². The lowest BCUT2D eigenvalue weighted by Gasteiger charge is -2.32. The van der Waals surface area contributed by atoms with Crippen molar-refractivity contribution in [2.45, 2.75) is 40.2 Å². The van der Waals surface area contributed by atoms with Crippen molar-refractivity contribution in [3.05, 3.63) is 29.8 Å². The van der Waals surface area contributed by atoms with E-state index in [1.54, 1.807) is 4.90 Å². The topological polar surface area (TPSA) is 60.9 Å². The predicted molar refractivity (Wildman–Crippen MR) is 83.7 cm³/mol. The van der Waals surface area contributed by atoms with Gasteiger partial charge in [-0.3, -0.25) is 9.69 Å². The molecule has 0 saturated heterocycles. The number of hydrogen-bond donors (Lipinski definition) is 1. The molecule has 116 valence electrons. The molecule has 2 amide bonds. The number of carboxylic acids is 1. The molecule has 1 N–H and O–H groups in total. The van der Waals surface area contributed by atoms with Crippen molar-refractivity contribution in [1.29, 1.82) is 0 Å². The van der Waals surface area contributed by atoms with Crippen LogP contribution in [0, 0.1) is 6.92 Å². The Kier molecular flexibility index (Phi) is 6.21. The van der Waals surface area contributed by atoms with Crippen LogP contribution in [-0.4, -0.2) is 41.1 Å². The Bertz CT molecular complexity index is 483. The van der Waals surface area contributed by atoms with Gasteiger partial charge in [-0.2, -0.15) is 0 Å². The van der Waals surface area contributed by atoms with Crippen LogP contribution in [0.2, 0.25) is 0 Å². The molecule has 0 aliphatic carbocycles. The number of hydrogen-bond acceptors (Lipinski definition) is 2. The third kappa shape index (κ3) is 4.77. The monoisotopic (exact) mass is 292 g/mol. The van der Waals surface area contributed by atoms with Crippen LogP contribution in [0.3, 0.4) is 0 Å². The van der Waals surface area contributed by atoms with Crippen molar-refractivity contribution in [3.8, 4) is 0 Å². The van der Waals surface area contributed by atoms with Gasteiger partial charge in [0.15, 0.2) is 0 Å². The normalized spacial score (nSPS) is 10.5. The molecule has 0 heterocycles. The molecular formula is C16H24N2O3. The lowest BCUT2D eigenvalue weighted by atomic mass is 10.2. The van der Waals surface area contributed by atoms with Crippen molar-refractivity contribution < 1.29 is 14.7 Å². The van der Waals surface area contributed by atoms with E-state index in [1.807, 2.05) is 52.0 Å². The fraction of sp³-hybridized carbons (Fsp3) is 0.500. The summed E-state index contributed by atoms with van der Waals surface area (Å²) >= 11 is 0. The van der Waals surface area contributed by atoms with Gasteiger partial charge in [0.25, 0.3) is 0 Å². The first-order valence-corrected chi connectivity index (χ1v) is 7.23. The summed E-state index contributed by atoms with van der Waals surface area (Å²) in [6.45, 7) is 8.55. The first-order valence-electron chi connectivity index (χ1n) is 7.23. The average Bonchev–Trinajstić information content (AvgIpc) is 2.41. The molecule has 5 heteroatoms. The highest BCUT2D eigenvalue weighted by molar-refractivity contribution is 5.92. The molecule has 1 aromatic rings. The number of aryl methyl sites for hydroxylation is 1. The van der Waals surface area contributed by atoms with Crippen LogP contribution in [0.15, 0.2) is 24.3 Å². The molecule has 0 aliphatic heterocycles. The van der Waals surface area contributed by atoms with Gasteiger partial charge in [0, 0.05) is 24.8 Å². The Balaban J connectivity index is 3.03. The fourth-order valence-corrected chi connectivity index (χ4v) is 2.14. The molecule has 0 bridgehead atoms. The summed E-state index contributed by atoms with van der Waals surface area (Å²) in [6.07, 6.45) is -0.0741. The summed E-state index contributed by atoms with van der Waals surface area (Å²) in [5, 5.41) is 8.89. The second kappa shape index (κ2) is 7.67.